The Hall–Kier alpha value is -4.07. The molecule has 0 atom stereocenters. The van der Waals surface area contributed by atoms with Gasteiger partial charge in [0.25, 0.3) is 11.8 Å². The predicted molar refractivity (Wildman–Crippen MR) is 107 cm³/mol. The van der Waals surface area contributed by atoms with Gasteiger partial charge in [-0.2, -0.15) is 0 Å². The Morgan fingerprint density at radius 2 is 1.48 bits per heavy atom. The molecule has 0 saturated heterocycles. The minimum atomic E-state index is -0.564. The van der Waals surface area contributed by atoms with Crippen LogP contribution >= 0.6 is 0 Å². The highest BCUT2D eigenvalue weighted by molar-refractivity contribution is 6.08. The largest absolute Gasteiger partial charge is 0.326 e. The maximum Gasteiger partial charge on any atom is 0.274 e. The van der Waals surface area contributed by atoms with Crippen LogP contribution in [0.5, 0.6) is 0 Å². The molecule has 146 valence electrons. The lowest BCUT2D eigenvalue weighted by atomic mass is 10.2. The lowest BCUT2D eigenvalue weighted by Crippen LogP contribution is -2.17. The van der Waals surface area contributed by atoms with Crippen molar-refractivity contribution in [3.8, 4) is 0 Å². The van der Waals surface area contributed by atoms with Crippen molar-refractivity contribution in [1.82, 2.24) is 4.98 Å². The first-order valence-electron chi connectivity index (χ1n) is 8.63. The molecule has 3 amide bonds. The van der Waals surface area contributed by atoms with Gasteiger partial charge in [0.15, 0.2) is 0 Å². The summed E-state index contributed by atoms with van der Waals surface area (Å²) < 4.78 is 13.7. The molecule has 3 N–H and O–H groups in total. The van der Waals surface area contributed by atoms with E-state index in [9.17, 15) is 18.8 Å². The van der Waals surface area contributed by atoms with E-state index >= 15 is 0 Å². The van der Waals surface area contributed by atoms with Gasteiger partial charge in [-0.05, 0) is 48.5 Å². The molecule has 1 heterocycles. The number of hydrogen-bond acceptors (Lipinski definition) is 4. The van der Waals surface area contributed by atoms with E-state index in [0.29, 0.717) is 11.4 Å². The average Bonchev–Trinajstić information content (AvgIpc) is 2.71. The van der Waals surface area contributed by atoms with E-state index in [4.69, 9.17) is 0 Å². The monoisotopic (exact) mass is 392 g/mol. The Morgan fingerprint density at radius 1 is 0.828 bits per heavy atom. The second-order valence-corrected chi connectivity index (χ2v) is 6.08. The molecular weight excluding hydrogens is 375 g/mol. The molecule has 0 aliphatic heterocycles. The zero-order chi connectivity index (χ0) is 20.8. The number of rotatable bonds is 5. The summed E-state index contributed by atoms with van der Waals surface area (Å²) in [6.45, 7) is 1.40. The third-order valence-electron chi connectivity index (χ3n) is 3.84. The minimum absolute atomic E-state index is 0.0251. The molecule has 0 bridgehead atoms. The van der Waals surface area contributed by atoms with Crippen LogP contribution in [0.3, 0.4) is 0 Å². The average molecular weight is 392 g/mol. The van der Waals surface area contributed by atoms with Gasteiger partial charge in [0.1, 0.15) is 11.5 Å². The fourth-order valence-corrected chi connectivity index (χ4v) is 2.49. The molecule has 29 heavy (non-hydrogen) atoms. The first-order valence-corrected chi connectivity index (χ1v) is 8.63. The summed E-state index contributed by atoms with van der Waals surface area (Å²) in [6.07, 6.45) is 1.32. The summed E-state index contributed by atoms with van der Waals surface area (Å²) in [4.78, 5) is 39.8. The number of para-hydroxylation sites is 1. The third kappa shape index (κ3) is 5.23. The molecule has 3 rings (SSSR count). The Morgan fingerprint density at radius 3 is 2.14 bits per heavy atom. The number of pyridine rings is 1. The summed E-state index contributed by atoms with van der Waals surface area (Å²) >= 11 is 0. The minimum Gasteiger partial charge on any atom is -0.326 e. The van der Waals surface area contributed by atoms with Crippen molar-refractivity contribution >= 4 is 34.8 Å². The standard InChI is InChI=1S/C21H17FN4O3/c1-13(27)24-15-6-8-16(9-7-15)25-21(29)19-12-14(10-11-23-19)20(28)26-18-5-3-2-4-17(18)22/h2-12H,1H3,(H,24,27)(H,25,29)(H,26,28). The molecular formula is C21H17FN4O3. The van der Waals surface area contributed by atoms with Gasteiger partial charge in [0.2, 0.25) is 5.91 Å². The fourth-order valence-electron chi connectivity index (χ4n) is 2.49. The van der Waals surface area contributed by atoms with Crippen molar-refractivity contribution in [2.45, 2.75) is 6.92 Å². The van der Waals surface area contributed by atoms with Crippen LogP contribution in [0, 0.1) is 5.82 Å². The first kappa shape index (κ1) is 19.7. The summed E-state index contributed by atoms with van der Waals surface area (Å²) in [5, 5.41) is 7.74. The summed E-state index contributed by atoms with van der Waals surface area (Å²) in [5.74, 6) is -1.84. The van der Waals surface area contributed by atoms with Crippen LogP contribution in [0.25, 0.3) is 0 Å². The first-order chi connectivity index (χ1) is 13.9. The smallest absolute Gasteiger partial charge is 0.274 e. The molecule has 0 spiro atoms. The van der Waals surface area contributed by atoms with Crippen LogP contribution in [0.2, 0.25) is 0 Å². The molecule has 0 saturated carbocycles. The number of anilines is 3. The van der Waals surface area contributed by atoms with Crippen LogP contribution < -0.4 is 16.0 Å². The van der Waals surface area contributed by atoms with Gasteiger partial charge in [0.05, 0.1) is 5.69 Å². The SMILES string of the molecule is CC(=O)Nc1ccc(NC(=O)c2cc(C(=O)Nc3ccccc3F)ccn2)cc1. The van der Waals surface area contributed by atoms with Gasteiger partial charge in [-0.3, -0.25) is 19.4 Å². The Kier molecular flexibility index (Phi) is 5.94. The third-order valence-corrected chi connectivity index (χ3v) is 3.84. The lowest BCUT2D eigenvalue weighted by molar-refractivity contribution is -0.114. The number of aromatic nitrogens is 1. The molecule has 7 nitrogen and oxygen atoms in total. The molecule has 0 radical (unpaired) electrons. The predicted octanol–water partition coefficient (Wildman–Crippen LogP) is 3.68. The molecule has 0 aliphatic rings. The number of nitrogens with zero attached hydrogens (tertiary/aromatic N) is 1. The van der Waals surface area contributed by atoms with E-state index in [1.165, 1.54) is 43.5 Å². The second-order valence-electron chi connectivity index (χ2n) is 6.08. The van der Waals surface area contributed by atoms with E-state index in [1.54, 1.807) is 30.3 Å². The van der Waals surface area contributed by atoms with E-state index in [-0.39, 0.29) is 22.9 Å². The highest BCUT2D eigenvalue weighted by atomic mass is 19.1. The van der Waals surface area contributed by atoms with Gasteiger partial charge in [-0.25, -0.2) is 4.39 Å². The van der Waals surface area contributed by atoms with Crippen LogP contribution in [0.1, 0.15) is 27.8 Å². The van der Waals surface area contributed by atoms with Gasteiger partial charge in [0, 0.05) is 30.1 Å². The summed E-state index contributed by atoms with van der Waals surface area (Å²) in [6, 6.07) is 15.1. The van der Waals surface area contributed by atoms with Crippen molar-refractivity contribution in [2.24, 2.45) is 0 Å². The van der Waals surface area contributed by atoms with Crippen LogP contribution in [0.15, 0.2) is 66.9 Å². The number of halogens is 1. The zero-order valence-electron chi connectivity index (χ0n) is 15.4. The Bertz CT molecular complexity index is 1070. The Labute approximate surface area is 166 Å². The topological polar surface area (TPSA) is 100 Å². The highest BCUT2D eigenvalue weighted by Crippen LogP contribution is 2.16. The number of nitrogens with one attached hydrogen (secondary N) is 3. The van der Waals surface area contributed by atoms with Crippen LogP contribution in [-0.4, -0.2) is 22.7 Å². The van der Waals surface area contributed by atoms with Crippen LogP contribution in [-0.2, 0) is 4.79 Å². The van der Waals surface area contributed by atoms with E-state index in [2.05, 4.69) is 20.9 Å². The molecule has 0 aliphatic carbocycles. The highest BCUT2D eigenvalue weighted by Gasteiger charge is 2.13. The Balaban J connectivity index is 1.70. The quantitative estimate of drug-likeness (QED) is 0.617. The number of carbonyl (C=O) groups is 3. The van der Waals surface area contributed by atoms with E-state index in [1.807, 2.05) is 0 Å². The molecule has 3 aromatic rings. The summed E-state index contributed by atoms with van der Waals surface area (Å²) in [5.41, 5.74) is 1.32. The maximum atomic E-state index is 13.7. The van der Waals surface area contributed by atoms with E-state index in [0.717, 1.165) is 0 Å². The van der Waals surface area contributed by atoms with E-state index < -0.39 is 17.6 Å². The number of carbonyl (C=O) groups excluding carboxylic acids is 3. The fraction of sp³-hybridized carbons (Fsp3) is 0.0476. The van der Waals surface area contributed by atoms with Crippen molar-refractivity contribution < 1.29 is 18.8 Å². The second kappa shape index (κ2) is 8.75. The van der Waals surface area contributed by atoms with Crippen molar-refractivity contribution in [3.63, 3.8) is 0 Å². The van der Waals surface area contributed by atoms with Crippen molar-refractivity contribution in [1.29, 1.82) is 0 Å². The molecule has 0 unspecified atom stereocenters. The maximum absolute atomic E-state index is 13.7. The molecule has 0 fully saturated rings. The number of amides is 3. The van der Waals surface area contributed by atoms with Crippen LogP contribution in [0.4, 0.5) is 21.5 Å². The number of benzene rings is 2. The normalized spacial score (nSPS) is 10.1. The lowest BCUT2D eigenvalue weighted by Gasteiger charge is -2.09. The van der Waals surface area contributed by atoms with Gasteiger partial charge in [-0.15, -0.1) is 0 Å². The molecule has 8 heteroatoms. The van der Waals surface area contributed by atoms with Gasteiger partial charge in [-0.1, -0.05) is 12.1 Å². The molecule has 2 aromatic carbocycles. The number of hydrogen-bond donors (Lipinski definition) is 3. The zero-order valence-corrected chi connectivity index (χ0v) is 15.4. The summed E-state index contributed by atoms with van der Waals surface area (Å²) in [7, 11) is 0. The molecule has 1 aromatic heterocycles. The van der Waals surface area contributed by atoms with Gasteiger partial charge >= 0.3 is 0 Å². The van der Waals surface area contributed by atoms with Crippen molar-refractivity contribution in [2.75, 3.05) is 16.0 Å². The van der Waals surface area contributed by atoms with Crippen molar-refractivity contribution in [3.05, 3.63) is 83.9 Å². The van der Waals surface area contributed by atoms with Gasteiger partial charge < -0.3 is 16.0 Å².